The van der Waals surface area contributed by atoms with Crippen LogP contribution in [0.2, 0.25) is 0 Å². The van der Waals surface area contributed by atoms with Gasteiger partial charge in [0.25, 0.3) is 5.69 Å². The molecule has 7 nitrogen and oxygen atoms in total. The maximum atomic E-state index is 12.9. The lowest BCUT2D eigenvalue weighted by molar-refractivity contribution is -0.384. The molecule has 0 N–H and O–H groups in total. The monoisotopic (exact) mass is 342 g/mol. The van der Waals surface area contributed by atoms with Crippen molar-refractivity contribution < 1.29 is 19.2 Å². The summed E-state index contributed by atoms with van der Waals surface area (Å²) in [7, 11) is 0. The van der Waals surface area contributed by atoms with Crippen LogP contribution >= 0.6 is 0 Å². The third-order valence-corrected chi connectivity index (χ3v) is 5.45. The van der Waals surface area contributed by atoms with Gasteiger partial charge in [-0.1, -0.05) is 12.2 Å². The van der Waals surface area contributed by atoms with Gasteiger partial charge in [0.2, 0.25) is 11.8 Å². The van der Waals surface area contributed by atoms with Crippen LogP contribution in [0.5, 0.6) is 5.75 Å². The molecule has 7 heteroatoms. The third-order valence-electron chi connectivity index (χ3n) is 5.45. The molecule has 2 amide bonds. The summed E-state index contributed by atoms with van der Waals surface area (Å²) in [6, 6.07) is 4.26. The molecule has 1 saturated carbocycles. The summed E-state index contributed by atoms with van der Waals surface area (Å²) < 4.78 is 5.30. The Hall–Kier alpha value is -2.70. The van der Waals surface area contributed by atoms with Gasteiger partial charge in [0.15, 0.2) is 0 Å². The number of anilines is 1. The van der Waals surface area contributed by atoms with E-state index in [9.17, 15) is 19.7 Å². The van der Waals surface area contributed by atoms with E-state index in [4.69, 9.17) is 4.74 Å². The van der Waals surface area contributed by atoms with E-state index in [-0.39, 0.29) is 46.9 Å². The van der Waals surface area contributed by atoms with E-state index >= 15 is 0 Å². The van der Waals surface area contributed by atoms with Gasteiger partial charge in [-0.25, -0.2) is 4.90 Å². The number of allylic oxidation sites excluding steroid dienone is 2. The quantitative estimate of drug-likeness (QED) is 0.363. The highest BCUT2D eigenvalue weighted by Gasteiger charge is 2.57. The molecule has 2 bridgehead atoms. The first-order valence-corrected chi connectivity index (χ1v) is 8.50. The lowest BCUT2D eigenvalue weighted by Crippen LogP contribution is -2.38. The Morgan fingerprint density at radius 1 is 1.16 bits per heavy atom. The van der Waals surface area contributed by atoms with Crippen molar-refractivity contribution in [2.24, 2.45) is 23.7 Å². The highest BCUT2D eigenvalue weighted by Crippen LogP contribution is 2.51. The molecule has 0 unspecified atom stereocenters. The molecule has 1 aromatic rings. The van der Waals surface area contributed by atoms with Crippen molar-refractivity contribution in [1.82, 2.24) is 0 Å². The number of nitro groups is 1. The van der Waals surface area contributed by atoms with Gasteiger partial charge >= 0.3 is 0 Å². The minimum absolute atomic E-state index is 0.0391. The van der Waals surface area contributed by atoms with Gasteiger partial charge < -0.3 is 4.74 Å². The summed E-state index contributed by atoms with van der Waals surface area (Å²) in [5, 5.41) is 11.5. The fourth-order valence-electron chi connectivity index (χ4n) is 4.41. The molecule has 1 heterocycles. The molecular formula is C18H18N2O5. The van der Waals surface area contributed by atoms with Crippen LogP contribution < -0.4 is 9.64 Å². The second kappa shape index (κ2) is 5.68. The van der Waals surface area contributed by atoms with E-state index in [1.165, 1.54) is 12.1 Å². The van der Waals surface area contributed by atoms with Crippen LogP contribution in [0.25, 0.3) is 0 Å². The fourth-order valence-corrected chi connectivity index (χ4v) is 4.41. The molecule has 5 rings (SSSR count). The topological polar surface area (TPSA) is 89.8 Å². The molecule has 0 spiro atoms. The number of benzene rings is 1. The third kappa shape index (κ3) is 2.26. The zero-order valence-electron chi connectivity index (χ0n) is 13.8. The predicted octanol–water partition coefficient (Wildman–Crippen LogP) is 2.70. The van der Waals surface area contributed by atoms with Gasteiger partial charge in [0, 0.05) is 0 Å². The minimum atomic E-state index is -0.576. The summed E-state index contributed by atoms with van der Waals surface area (Å²) in [6.45, 7) is 2.15. The first-order chi connectivity index (χ1) is 12.0. The van der Waals surface area contributed by atoms with Gasteiger partial charge in [-0.15, -0.1) is 0 Å². The molecule has 4 atom stereocenters. The minimum Gasteiger partial charge on any atom is -0.494 e. The average Bonchev–Trinajstić information content (AvgIpc) is 2.89. The molecule has 3 aliphatic carbocycles. The fraction of sp³-hybridized carbons (Fsp3) is 0.444. The molecule has 130 valence electrons. The number of imide groups is 1. The summed E-state index contributed by atoms with van der Waals surface area (Å²) in [4.78, 5) is 37.8. The van der Waals surface area contributed by atoms with E-state index in [1.54, 1.807) is 13.0 Å². The molecule has 4 aliphatic rings. The Morgan fingerprint density at radius 2 is 1.76 bits per heavy atom. The number of amides is 2. The van der Waals surface area contributed by atoms with Crippen LogP contribution in [0.3, 0.4) is 0 Å². The van der Waals surface area contributed by atoms with Gasteiger partial charge in [-0.3, -0.25) is 19.7 Å². The molecule has 1 aromatic carbocycles. The second-order valence-electron chi connectivity index (χ2n) is 6.69. The number of nitro benzene ring substituents is 1. The SMILES string of the molecule is CCOc1ccc(N2C(=O)[C@H]3[C@H](C2=O)[C@@H]2C=C[C@@H]3CC2)c([N+](=O)[O-])c1. The Balaban J connectivity index is 1.77. The zero-order valence-corrected chi connectivity index (χ0v) is 13.8. The molecule has 25 heavy (non-hydrogen) atoms. The Bertz CT molecular complexity index is 771. The molecule has 1 saturated heterocycles. The molecule has 0 aromatic heterocycles. The van der Waals surface area contributed by atoms with E-state index in [2.05, 4.69) is 0 Å². The van der Waals surface area contributed by atoms with E-state index in [1.807, 2.05) is 12.2 Å². The van der Waals surface area contributed by atoms with Crippen LogP contribution in [0, 0.1) is 33.8 Å². The number of hydrogen-bond acceptors (Lipinski definition) is 5. The van der Waals surface area contributed by atoms with Crippen molar-refractivity contribution in [3.63, 3.8) is 0 Å². The molecule has 0 radical (unpaired) electrons. The largest absolute Gasteiger partial charge is 0.494 e. The van der Waals surface area contributed by atoms with Crippen LogP contribution in [0.4, 0.5) is 11.4 Å². The first kappa shape index (κ1) is 15.8. The maximum absolute atomic E-state index is 12.9. The molecular weight excluding hydrogens is 324 g/mol. The highest BCUT2D eigenvalue weighted by molar-refractivity contribution is 6.23. The van der Waals surface area contributed by atoms with E-state index in [0.29, 0.717) is 12.4 Å². The zero-order chi connectivity index (χ0) is 17.7. The van der Waals surface area contributed by atoms with Crippen molar-refractivity contribution in [2.75, 3.05) is 11.5 Å². The first-order valence-electron chi connectivity index (χ1n) is 8.50. The van der Waals surface area contributed by atoms with E-state index in [0.717, 1.165) is 17.7 Å². The number of nitrogens with zero attached hydrogens (tertiary/aromatic N) is 2. The standard InChI is InChI=1S/C18H18N2O5/c1-2-25-12-7-8-13(14(9-12)20(23)24)19-17(21)15-10-3-4-11(6-5-10)16(15)18(19)22/h3-4,7-11,15-16H,2,5-6H2,1H3/t10-,11-,15-,16-/m1/s1. The number of rotatable bonds is 4. The Kier molecular flexibility index (Phi) is 3.59. The van der Waals surface area contributed by atoms with Gasteiger partial charge in [-0.05, 0) is 43.7 Å². The molecule has 1 aliphatic heterocycles. The van der Waals surface area contributed by atoms with Crippen LogP contribution in [0.15, 0.2) is 30.4 Å². The Morgan fingerprint density at radius 3 is 2.24 bits per heavy atom. The van der Waals surface area contributed by atoms with Crippen molar-refractivity contribution in [2.45, 2.75) is 19.8 Å². The van der Waals surface area contributed by atoms with Crippen molar-refractivity contribution >= 4 is 23.2 Å². The number of hydrogen-bond donors (Lipinski definition) is 0. The maximum Gasteiger partial charge on any atom is 0.297 e. The lowest BCUT2D eigenvalue weighted by Gasteiger charge is -2.38. The van der Waals surface area contributed by atoms with E-state index < -0.39 is 4.92 Å². The predicted molar refractivity (Wildman–Crippen MR) is 89.1 cm³/mol. The lowest BCUT2D eigenvalue weighted by atomic mass is 9.63. The normalized spacial score (nSPS) is 29.9. The summed E-state index contributed by atoms with van der Waals surface area (Å²) >= 11 is 0. The number of carbonyl (C=O) groups excluding carboxylic acids is 2. The molecule has 2 fully saturated rings. The van der Waals surface area contributed by atoms with Crippen molar-refractivity contribution in [3.05, 3.63) is 40.5 Å². The average molecular weight is 342 g/mol. The van der Waals surface area contributed by atoms with Crippen molar-refractivity contribution in [1.29, 1.82) is 0 Å². The van der Waals surface area contributed by atoms with Gasteiger partial charge in [0.05, 0.1) is 29.4 Å². The van der Waals surface area contributed by atoms with Crippen LogP contribution in [-0.4, -0.2) is 23.3 Å². The number of carbonyl (C=O) groups is 2. The summed E-state index contributed by atoms with van der Waals surface area (Å²) in [5.74, 6) is -0.958. The Labute approximate surface area is 144 Å². The van der Waals surface area contributed by atoms with Crippen LogP contribution in [-0.2, 0) is 9.59 Å². The number of ether oxygens (including phenoxy) is 1. The van der Waals surface area contributed by atoms with Gasteiger partial charge in [-0.2, -0.15) is 0 Å². The second-order valence-corrected chi connectivity index (χ2v) is 6.69. The summed E-state index contributed by atoms with van der Waals surface area (Å²) in [6.07, 6.45) is 5.83. The van der Waals surface area contributed by atoms with Crippen LogP contribution in [0.1, 0.15) is 19.8 Å². The summed E-state index contributed by atoms with van der Waals surface area (Å²) in [5.41, 5.74) is -0.246. The van der Waals surface area contributed by atoms with Crippen molar-refractivity contribution in [3.8, 4) is 5.75 Å². The van der Waals surface area contributed by atoms with Gasteiger partial charge in [0.1, 0.15) is 11.4 Å². The smallest absolute Gasteiger partial charge is 0.297 e. The highest BCUT2D eigenvalue weighted by atomic mass is 16.6. The number of fused-ring (bicyclic) bond motifs is 1.